The zero-order chi connectivity index (χ0) is 18.7. The Morgan fingerprint density at radius 2 is 1.85 bits per heavy atom. The lowest BCUT2D eigenvalue weighted by Gasteiger charge is -2.18. The van der Waals surface area contributed by atoms with Crippen molar-refractivity contribution < 1.29 is 23.8 Å². The number of hydrogen-bond donors (Lipinski definition) is 2. The van der Waals surface area contributed by atoms with Gasteiger partial charge in [0.1, 0.15) is 5.56 Å². The van der Waals surface area contributed by atoms with E-state index in [1.54, 1.807) is 12.1 Å². The number of nitrogens with one attached hydrogen (secondary N) is 2. The van der Waals surface area contributed by atoms with E-state index < -0.39 is 18.2 Å². The van der Waals surface area contributed by atoms with Crippen molar-refractivity contribution in [3.05, 3.63) is 59.2 Å². The normalized spacial score (nSPS) is 16.3. The molecule has 0 aromatic heterocycles. The van der Waals surface area contributed by atoms with E-state index >= 15 is 0 Å². The lowest BCUT2D eigenvalue weighted by molar-refractivity contribution is 0.0335. The monoisotopic (exact) mass is 356 g/mol. The lowest BCUT2D eigenvalue weighted by Crippen LogP contribution is -2.39. The fraction of sp³-hybridized carbons (Fsp3) is 0.263. The second-order valence-corrected chi connectivity index (χ2v) is 5.80. The van der Waals surface area contributed by atoms with Crippen molar-refractivity contribution in [1.29, 1.82) is 0 Å². The SMILES string of the molecule is COc1ccc2c(c1OC)C(=O)OC2NC(=O)NC(C)c1ccccc1. The third kappa shape index (κ3) is 3.28. The van der Waals surface area contributed by atoms with E-state index in [0.29, 0.717) is 11.3 Å². The molecule has 2 aromatic rings. The fourth-order valence-electron chi connectivity index (χ4n) is 2.89. The van der Waals surface area contributed by atoms with Crippen LogP contribution in [0, 0.1) is 0 Å². The molecule has 2 atom stereocenters. The first-order chi connectivity index (χ1) is 12.5. The molecule has 1 heterocycles. The first-order valence-corrected chi connectivity index (χ1v) is 8.13. The summed E-state index contributed by atoms with van der Waals surface area (Å²) in [7, 11) is 2.93. The third-order valence-corrected chi connectivity index (χ3v) is 4.20. The molecule has 1 aliphatic heterocycles. The number of amides is 2. The van der Waals surface area contributed by atoms with Gasteiger partial charge in [-0.05, 0) is 24.6 Å². The lowest BCUT2D eigenvalue weighted by atomic mass is 10.1. The van der Waals surface area contributed by atoms with Gasteiger partial charge < -0.3 is 19.5 Å². The van der Waals surface area contributed by atoms with Gasteiger partial charge in [-0.1, -0.05) is 30.3 Å². The molecule has 26 heavy (non-hydrogen) atoms. The summed E-state index contributed by atoms with van der Waals surface area (Å²) in [5.74, 6) is 0.139. The Morgan fingerprint density at radius 3 is 2.50 bits per heavy atom. The minimum absolute atomic E-state index is 0.196. The Kier molecular flexibility index (Phi) is 4.97. The molecule has 0 saturated carbocycles. The molecular weight excluding hydrogens is 336 g/mol. The van der Waals surface area contributed by atoms with Gasteiger partial charge in [-0.15, -0.1) is 0 Å². The van der Waals surface area contributed by atoms with Crippen LogP contribution in [0.3, 0.4) is 0 Å². The number of rotatable bonds is 5. The fourth-order valence-corrected chi connectivity index (χ4v) is 2.89. The smallest absolute Gasteiger partial charge is 0.344 e. The van der Waals surface area contributed by atoms with Crippen molar-refractivity contribution in [2.24, 2.45) is 0 Å². The maximum absolute atomic E-state index is 12.3. The van der Waals surface area contributed by atoms with Crippen LogP contribution in [-0.4, -0.2) is 26.2 Å². The number of urea groups is 1. The third-order valence-electron chi connectivity index (χ3n) is 4.20. The van der Waals surface area contributed by atoms with Crippen LogP contribution in [0.2, 0.25) is 0 Å². The van der Waals surface area contributed by atoms with Crippen LogP contribution in [0.25, 0.3) is 0 Å². The average molecular weight is 356 g/mol. The van der Waals surface area contributed by atoms with Gasteiger partial charge in [-0.2, -0.15) is 0 Å². The number of carbonyl (C=O) groups excluding carboxylic acids is 2. The minimum atomic E-state index is -0.889. The molecule has 2 amide bonds. The van der Waals surface area contributed by atoms with Gasteiger partial charge in [-0.25, -0.2) is 9.59 Å². The van der Waals surface area contributed by atoms with E-state index in [2.05, 4.69) is 10.6 Å². The minimum Gasteiger partial charge on any atom is -0.493 e. The van der Waals surface area contributed by atoms with Crippen LogP contribution in [0.1, 0.15) is 40.7 Å². The van der Waals surface area contributed by atoms with E-state index in [1.807, 2.05) is 37.3 Å². The van der Waals surface area contributed by atoms with Crippen LogP contribution in [0.15, 0.2) is 42.5 Å². The Bertz CT molecular complexity index is 822. The van der Waals surface area contributed by atoms with Gasteiger partial charge in [0.15, 0.2) is 11.5 Å². The number of ether oxygens (including phenoxy) is 3. The number of hydrogen-bond acceptors (Lipinski definition) is 5. The molecule has 0 spiro atoms. The van der Waals surface area contributed by atoms with E-state index in [1.165, 1.54) is 14.2 Å². The molecule has 2 unspecified atom stereocenters. The zero-order valence-electron chi connectivity index (χ0n) is 14.7. The molecular formula is C19H20N2O5. The van der Waals surface area contributed by atoms with Crippen LogP contribution in [0.4, 0.5) is 4.79 Å². The number of carbonyl (C=O) groups is 2. The molecule has 136 valence electrons. The highest BCUT2D eigenvalue weighted by Gasteiger charge is 2.36. The summed E-state index contributed by atoms with van der Waals surface area (Å²) in [4.78, 5) is 24.5. The van der Waals surface area contributed by atoms with E-state index in [-0.39, 0.29) is 17.4 Å². The van der Waals surface area contributed by atoms with Gasteiger partial charge >= 0.3 is 12.0 Å². The van der Waals surface area contributed by atoms with Gasteiger partial charge in [0.25, 0.3) is 0 Å². The van der Waals surface area contributed by atoms with E-state index in [9.17, 15) is 9.59 Å². The summed E-state index contributed by atoms with van der Waals surface area (Å²) < 4.78 is 15.8. The number of benzene rings is 2. The van der Waals surface area contributed by atoms with E-state index in [4.69, 9.17) is 14.2 Å². The van der Waals surface area contributed by atoms with Crippen LogP contribution in [-0.2, 0) is 4.74 Å². The molecule has 3 rings (SSSR count). The standard InChI is InChI=1S/C19H20N2O5/c1-11(12-7-5-4-6-8-12)20-19(23)21-17-13-9-10-14(24-2)16(25-3)15(13)18(22)26-17/h4-11,17H,1-3H3,(H2,20,21,23). The first-order valence-electron chi connectivity index (χ1n) is 8.13. The topological polar surface area (TPSA) is 85.9 Å². The van der Waals surface area contributed by atoms with Crippen molar-refractivity contribution in [3.8, 4) is 11.5 Å². The molecule has 0 saturated heterocycles. The molecule has 2 aromatic carbocycles. The second kappa shape index (κ2) is 7.35. The van der Waals surface area contributed by atoms with Crippen molar-refractivity contribution in [2.75, 3.05) is 14.2 Å². The maximum Gasteiger partial charge on any atom is 0.344 e. The summed E-state index contributed by atoms with van der Waals surface area (Å²) in [6, 6.07) is 12.3. The highest BCUT2D eigenvalue weighted by Crippen LogP contribution is 2.40. The van der Waals surface area contributed by atoms with Gasteiger partial charge in [-0.3, -0.25) is 5.32 Å². The Balaban J connectivity index is 1.75. The number of cyclic esters (lactones) is 1. The number of methoxy groups -OCH3 is 2. The number of fused-ring (bicyclic) bond motifs is 1. The molecule has 7 nitrogen and oxygen atoms in total. The summed E-state index contributed by atoms with van der Waals surface area (Å²) >= 11 is 0. The highest BCUT2D eigenvalue weighted by atomic mass is 16.6. The molecule has 2 N–H and O–H groups in total. The van der Waals surface area contributed by atoms with Crippen molar-refractivity contribution in [2.45, 2.75) is 19.2 Å². The average Bonchev–Trinajstić information content (AvgIpc) is 2.97. The Hall–Kier alpha value is -3.22. The molecule has 7 heteroatoms. The Morgan fingerprint density at radius 1 is 1.12 bits per heavy atom. The predicted molar refractivity (Wildman–Crippen MR) is 94.2 cm³/mol. The predicted octanol–water partition coefficient (Wildman–Crippen LogP) is 2.93. The van der Waals surface area contributed by atoms with Crippen molar-refractivity contribution in [1.82, 2.24) is 10.6 Å². The van der Waals surface area contributed by atoms with Crippen LogP contribution < -0.4 is 20.1 Å². The largest absolute Gasteiger partial charge is 0.493 e. The highest BCUT2D eigenvalue weighted by molar-refractivity contribution is 5.98. The molecule has 1 aliphatic rings. The summed E-state index contributed by atoms with van der Waals surface area (Å²) in [6.45, 7) is 1.87. The van der Waals surface area contributed by atoms with Gasteiger partial charge in [0, 0.05) is 5.56 Å². The molecule has 0 bridgehead atoms. The summed E-state index contributed by atoms with van der Waals surface area (Å²) in [5.41, 5.74) is 1.75. The van der Waals surface area contributed by atoms with Gasteiger partial charge in [0.2, 0.25) is 6.23 Å². The van der Waals surface area contributed by atoms with Crippen molar-refractivity contribution in [3.63, 3.8) is 0 Å². The summed E-state index contributed by atoms with van der Waals surface area (Å²) in [6.07, 6.45) is -0.889. The van der Waals surface area contributed by atoms with Gasteiger partial charge in [0.05, 0.1) is 20.3 Å². The van der Waals surface area contributed by atoms with Crippen molar-refractivity contribution >= 4 is 12.0 Å². The molecule has 0 fully saturated rings. The quantitative estimate of drug-likeness (QED) is 0.805. The van der Waals surface area contributed by atoms with E-state index in [0.717, 1.165) is 5.56 Å². The number of esters is 1. The van der Waals surface area contributed by atoms with Crippen LogP contribution >= 0.6 is 0 Å². The zero-order valence-corrected chi connectivity index (χ0v) is 14.7. The molecule has 0 radical (unpaired) electrons. The summed E-state index contributed by atoms with van der Waals surface area (Å²) in [5, 5.41) is 5.49. The Labute approximate surface area is 151 Å². The van der Waals surface area contributed by atoms with Crippen LogP contribution in [0.5, 0.6) is 11.5 Å². The second-order valence-electron chi connectivity index (χ2n) is 5.80. The maximum atomic E-state index is 12.3. The molecule has 0 aliphatic carbocycles. The first kappa shape index (κ1) is 17.6.